The maximum absolute atomic E-state index is 2.53. The van der Waals surface area contributed by atoms with Crippen molar-refractivity contribution >= 4 is 38.4 Å². The molecule has 5 rings (SSSR count). The van der Waals surface area contributed by atoms with E-state index in [1.165, 1.54) is 62.7 Å². The van der Waals surface area contributed by atoms with E-state index in [0.29, 0.717) is 5.92 Å². The van der Waals surface area contributed by atoms with Crippen LogP contribution in [-0.4, -0.2) is 0 Å². The van der Waals surface area contributed by atoms with Gasteiger partial charge in [0.05, 0.1) is 0 Å². The van der Waals surface area contributed by atoms with E-state index in [2.05, 4.69) is 87.5 Å². The average Bonchev–Trinajstić information content (AvgIpc) is 2.73. The molecule has 1 aliphatic carbocycles. The smallest absolute Gasteiger partial charge is 0.00988 e. The quantitative estimate of drug-likeness (QED) is 0.240. The van der Waals surface area contributed by atoms with Gasteiger partial charge in [-0.05, 0) is 87.2 Å². The molecule has 4 aromatic rings. The van der Waals surface area contributed by atoms with Crippen molar-refractivity contribution in [3.8, 4) is 0 Å². The minimum atomic E-state index is 0.615. The Morgan fingerprint density at radius 2 is 1.47 bits per heavy atom. The summed E-state index contributed by atoms with van der Waals surface area (Å²) in [4.78, 5) is 0. The van der Waals surface area contributed by atoms with Crippen molar-refractivity contribution < 1.29 is 0 Å². The zero-order valence-corrected chi connectivity index (χ0v) is 19.1. The highest BCUT2D eigenvalue weighted by molar-refractivity contribution is 6.14. The summed E-state index contributed by atoms with van der Waals surface area (Å²) in [7, 11) is 0. The van der Waals surface area contributed by atoms with Crippen molar-refractivity contribution in [1.29, 1.82) is 0 Å². The molecule has 1 fully saturated rings. The number of benzene rings is 4. The third-order valence-electron chi connectivity index (χ3n) is 6.70. The van der Waals surface area contributed by atoms with Crippen molar-refractivity contribution in [3.63, 3.8) is 0 Å². The Bertz CT molecular complexity index is 1220. The van der Waals surface area contributed by atoms with Gasteiger partial charge in [-0.3, -0.25) is 0 Å². The van der Waals surface area contributed by atoms with E-state index in [9.17, 15) is 0 Å². The highest BCUT2D eigenvalue weighted by Gasteiger charge is 2.24. The molecule has 0 amide bonds. The number of hydrogen-bond acceptors (Lipinski definition) is 0. The van der Waals surface area contributed by atoms with Crippen LogP contribution >= 0.6 is 0 Å². The predicted molar refractivity (Wildman–Crippen MR) is 135 cm³/mol. The number of hydrogen-bond donors (Lipinski definition) is 0. The fourth-order valence-electron chi connectivity index (χ4n) is 4.82. The molecule has 1 saturated carbocycles. The normalized spacial score (nSPS) is 14.8. The van der Waals surface area contributed by atoms with Crippen LogP contribution in [0.2, 0.25) is 0 Å². The molecule has 4 aromatic carbocycles. The summed E-state index contributed by atoms with van der Waals surface area (Å²) in [6, 6.07) is 22.6. The van der Waals surface area contributed by atoms with Gasteiger partial charge < -0.3 is 0 Å². The van der Waals surface area contributed by atoms with Gasteiger partial charge >= 0.3 is 0 Å². The molecular formula is C30H34. The highest BCUT2D eigenvalue weighted by Crippen LogP contribution is 2.40. The van der Waals surface area contributed by atoms with Crippen LogP contribution in [0.25, 0.3) is 38.4 Å². The SMILES string of the molecule is CC.Cc1ccc2c(ccc3cc4ccccc4cc32)c1/C=C(/C(C)C)C1CCC1. The molecule has 154 valence electrons. The van der Waals surface area contributed by atoms with Gasteiger partial charge in [0.25, 0.3) is 0 Å². The molecule has 0 spiro atoms. The van der Waals surface area contributed by atoms with Gasteiger partial charge in [-0.1, -0.05) is 94.3 Å². The molecular weight excluding hydrogens is 360 g/mol. The monoisotopic (exact) mass is 394 g/mol. The number of rotatable bonds is 3. The molecule has 0 saturated heterocycles. The molecule has 0 heterocycles. The first kappa shape index (κ1) is 20.7. The average molecular weight is 395 g/mol. The second-order valence-corrected chi connectivity index (χ2v) is 8.80. The zero-order valence-electron chi connectivity index (χ0n) is 19.1. The highest BCUT2D eigenvalue weighted by atomic mass is 14.3. The lowest BCUT2D eigenvalue weighted by Gasteiger charge is -2.31. The Hall–Kier alpha value is -2.60. The van der Waals surface area contributed by atoms with Crippen LogP contribution in [0.5, 0.6) is 0 Å². The van der Waals surface area contributed by atoms with Crippen LogP contribution in [0.3, 0.4) is 0 Å². The molecule has 0 radical (unpaired) electrons. The summed E-state index contributed by atoms with van der Waals surface area (Å²) in [6.45, 7) is 11.0. The van der Waals surface area contributed by atoms with Gasteiger partial charge in [0.15, 0.2) is 0 Å². The minimum absolute atomic E-state index is 0.615. The van der Waals surface area contributed by atoms with Crippen LogP contribution in [0.15, 0.2) is 66.2 Å². The van der Waals surface area contributed by atoms with Gasteiger partial charge in [0, 0.05) is 0 Å². The third kappa shape index (κ3) is 3.65. The molecule has 1 aliphatic rings. The van der Waals surface area contributed by atoms with E-state index >= 15 is 0 Å². The van der Waals surface area contributed by atoms with Gasteiger partial charge in [-0.15, -0.1) is 0 Å². The van der Waals surface area contributed by atoms with E-state index in [0.717, 1.165) is 5.92 Å². The fraction of sp³-hybridized carbons (Fsp3) is 0.333. The van der Waals surface area contributed by atoms with Crippen molar-refractivity contribution in [2.75, 3.05) is 0 Å². The summed E-state index contributed by atoms with van der Waals surface area (Å²) in [6.07, 6.45) is 6.64. The Morgan fingerprint density at radius 1 is 0.800 bits per heavy atom. The molecule has 0 aromatic heterocycles. The van der Waals surface area contributed by atoms with Crippen molar-refractivity contribution in [2.45, 2.75) is 53.9 Å². The van der Waals surface area contributed by atoms with Gasteiger partial charge in [0.1, 0.15) is 0 Å². The molecule has 0 nitrogen and oxygen atoms in total. The van der Waals surface area contributed by atoms with Gasteiger partial charge in [-0.25, -0.2) is 0 Å². The molecule has 30 heavy (non-hydrogen) atoms. The summed E-state index contributed by atoms with van der Waals surface area (Å²) >= 11 is 0. The Morgan fingerprint density at radius 3 is 2.10 bits per heavy atom. The number of allylic oxidation sites excluding steroid dienone is 1. The van der Waals surface area contributed by atoms with E-state index in [-0.39, 0.29) is 0 Å². The van der Waals surface area contributed by atoms with Crippen LogP contribution in [0.4, 0.5) is 0 Å². The number of fused-ring (bicyclic) bond motifs is 4. The first-order valence-electron chi connectivity index (χ1n) is 11.7. The summed E-state index contributed by atoms with van der Waals surface area (Å²) in [5.74, 6) is 1.41. The van der Waals surface area contributed by atoms with E-state index < -0.39 is 0 Å². The van der Waals surface area contributed by atoms with Crippen LogP contribution < -0.4 is 0 Å². The predicted octanol–water partition coefficient (Wildman–Crippen LogP) is 9.32. The minimum Gasteiger partial charge on any atom is -0.0683 e. The lowest BCUT2D eigenvalue weighted by atomic mass is 9.74. The molecule has 0 atom stereocenters. The van der Waals surface area contributed by atoms with Crippen molar-refractivity contribution in [1.82, 2.24) is 0 Å². The van der Waals surface area contributed by atoms with Crippen LogP contribution in [0, 0.1) is 18.8 Å². The lowest BCUT2D eigenvalue weighted by molar-refractivity contribution is 0.347. The summed E-state index contributed by atoms with van der Waals surface area (Å²) < 4.78 is 0. The summed E-state index contributed by atoms with van der Waals surface area (Å²) in [5.41, 5.74) is 4.44. The van der Waals surface area contributed by atoms with Gasteiger partial charge in [-0.2, -0.15) is 0 Å². The van der Waals surface area contributed by atoms with E-state index in [4.69, 9.17) is 0 Å². The fourth-order valence-corrected chi connectivity index (χ4v) is 4.82. The Kier molecular flexibility index (Phi) is 5.95. The van der Waals surface area contributed by atoms with Gasteiger partial charge in [0.2, 0.25) is 0 Å². The van der Waals surface area contributed by atoms with E-state index in [1.807, 2.05) is 13.8 Å². The maximum Gasteiger partial charge on any atom is -0.00988 e. The summed E-state index contributed by atoms with van der Waals surface area (Å²) in [5, 5.41) is 8.08. The first-order valence-corrected chi connectivity index (χ1v) is 11.7. The molecule has 0 heteroatoms. The molecule has 0 unspecified atom stereocenters. The van der Waals surface area contributed by atoms with E-state index in [1.54, 1.807) is 5.57 Å². The Balaban J connectivity index is 0.00000106. The van der Waals surface area contributed by atoms with Crippen LogP contribution in [-0.2, 0) is 0 Å². The van der Waals surface area contributed by atoms with Crippen molar-refractivity contribution in [2.24, 2.45) is 11.8 Å². The first-order chi connectivity index (χ1) is 14.6. The molecule has 0 bridgehead atoms. The lowest BCUT2D eigenvalue weighted by Crippen LogP contribution is -2.17. The largest absolute Gasteiger partial charge is 0.0683 e. The van der Waals surface area contributed by atoms with Crippen LogP contribution in [0.1, 0.15) is 58.1 Å². The number of aryl methyl sites for hydroxylation is 1. The molecule has 0 N–H and O–H groups in total. The maximum atomic E-state index is 2.53. The topological polar surface area (TPSA) is 0 Å². The second-order valence-electron chi connectivity index (χ2n) is 8.80. The zero-order chi connectivity index (χ0) is 21.3. The third-order valence-corrected chi connectivity index (χ3v) is 6.70. The standard InChI is InChI=1S/C28H28.C2H6/c1-18(2)26(20-9-6-10-20)17-27-19(3)11-13-25-24(27)14-12-23-15-21-7-4-5-8-22(21)16-28(23)25;1-2/h4-5,7-8,11-18,20H,6,9-10H2,1-3H3;1-2H3/b26-17-;. The Labute approximate surface area is 181 Å². The molecule has 0 aliphatic heterocycles. The van der Waals surface area contributed by atoms with Crippen molar-refractivity contribution in [3.05, 3.63) is 77.4 Å². The second kappa shape index (κ2) is 8.64.